The molecule has 0 aliphatic heterocycles. The van der Waals surface area contributed by atoms with Crippen LogP contribution in [0.15, 0.2) is 108 Å². The van der Waals surface area contributed by atoms with Crippen LogP contribution in [-0.4, -0.2) is 50.4 Å². The van der Waals surface area contributed by atoms with Gasteiger partial charge in [0.05, 0.1) is 22.7 Å². The van der Waals surface area contributed by atoms with E-state index in [0.29, 0.717) is 16.3 Å². The van der Waals surface area contributed by atoms with Gasteiger partial charge in [0.25, 0.3) is 10.0 Å². The molecule has 4 aromatic carbocycles. The number of anilines is 1. The van der Waals surface area contributed by atoms with E-state index in [-0.39, 0.29) is 34.5 Å². The first-order chi connectivity index (χ1) is 21.8. The molecule has 0 saturated heterocycles. The number of benzene rings is 4. The van der Waals surface area contributed by atoms with E-state index in [0.717, 1.165) is 9.87 Å². The largest absolute Gasteiger partial charge is 0.497 e. The smallest absolute Gasteiger partial charge is 0.264 e. The van der Waals surface area contributed by atoms with Gasteiger partial charge < -0.3 is 15.0 Å². The molecule has 1 atom stereocenters. The molecule has 4 rings (SSSR count). The summed E-state index contributed by atoms with van der Waals surface area (Å²) in [5, 5.41) is 3.37. The Morgan fingerprint density at radius 3 is 2.09 bits per heavy atom. The van der Waals surface area contributed by atoms with E-state index in [1.807, 2.05) is 57.2 Å². The van der Waals surface area contributed by atoms with Crippen LogP contribution < -0.4 is 14.4 Å². The predicted octanol–water partition coefficient (Wildman–Crippen LogP) is 6.75. The molecular weight excluding hydrogens is 645 g/mol. The molecule has 0 bridgehead atoms. The molecule has 46 heavy (non-hydrogen) atoms. The molecule has 0 spiro atoms. The Bertz CT molecular complexity index is 1760. The number of halogens is 2. The fourth-order valence-corrected chi connectivity index (χ4v) is 6.91. The molecule has 0 aromatic heterocycles. The number of methoxy groups -OCH3 is 1. The van der Waals surface area contributed by atoms with Crippen LogP contribution in [-0.2, 0) is 32.6 Å². The zero-order valence-electron chi connectivity index (χ0n) is 26.1. The van der Waals surface area contributed by atoms with Crippen LogP contribution in [0.1, 0.15) is 31.9 Å². The van der Waals surface area contributed by atoms with E-state index < -0.39 is 34.1 Å². The minimum Gasteiger partial charge on any atom is -0.497 e. The van der Waals surface area contributed by atoms with Gasteiger partial charge in [-0.25, -0.2) is 8.42 Å². The lowest BCUT2D eigenvalue weighted by Crippen LogP contribution is -2.56. The van der Waals surface area contributed by atoms with E-state index in [4.69, 9.17) is 27.9 Å². The number of sulfonamides is 1. The summed E-state index contributed by atoms with van der Waals surface area (Å²) >= 11 is 12.7. The van der Waals surface area contributed by atoms with Gasteiger partial charge in [-0.2, -0.15) is 0 Å². The van der Waals surface area contributed by atoms with Gasteiger partial charge >= 0.3 is 0 Å². The fourth-order valence-electron chi connectivity index (χ4n) is 4.89. The lowest BCUT2D eigenvalue weighted by molar-refractivity contribution is -0.140. The molecule has 0 aliphatic carbocycles. The third-order valence-corrected chi connectivity index (χ3v) is 9.36. The van der Waals surface area contributed by atoms with Crippen molar-refractivity contribution < 1.29 is 22.7 Å². The maximum atomic E-state index is 14.6. The SMILES string of the molecule is COc1cccc(CN(C(=O)CN(c2ccc(Cl)cc2Cl)S(=O)(=O)c2ccccc2)[C@@H](Cc2ccccc2)C(=O)NC(C)(C)C)c1. The van der Waals surface area contributed by atoms with Crippen LogP contribution in [0, 0.1) is 0 Å². The monoisotopic (exact) mass is 681 g/mol. The molecule has 0 fully saturated rings. The number of nitrogens with zero attached hydrogens (tertiary/aromatic N) is 2. The molecule has 1 N–H and O–H groups in total. The summed E-state index contributed by atoms with van der Waals surface area (Å²) in [7, 11) is -2.76. The number of nitrogens with one attached hydrogen (secondary N) is 1. The first-order valence-electron chi connectivity index (χ1n) is 14.6. The van der Waals surface area contributed by atoms with E-state index >= 15 is 0 Å². The Morgan fingerprint density at radius 2 is 1.48 bits per heavy atom. The van der Waals surface area contributed by atoms with Crippen molar-refractivity contribution in [2.75, 3.05) is 18.0 Å². The standard InChI is InChI=1S/C35H37Cl2N3O5S/c1-35(2,3)38-34(42)32(21-25-12-7-5-8-13-25)39(23-26-14-11-15-28(20-26)45-4)33(41)24-40(31-19-18-27(36)22-30(31)37)46(43,44)29-16-9-6-10-17-29/h5-20,22,32H,21,23-24H2,1-4H3,(H,38,42)/t32-/m0/s1. The average Bonchev–Trinajstić information content (AvgIpc) is 3.02. The molecule has 0 radical (unpaired) electrons. The van der Waals surface area contributed by atoms with Crippen molar-refractivity contribution >= 4 is 50.7 Å². The Morgan fingerprint density at radius 1 is 0.848 bits per heavy atom. The molecule has 0 heterocycles. The highest BCUT2D eigenvalue weighted by molar-refractivity contribution is 7.92. The van der Waals surface area contributed by atoms with Gasteiger partial charge in [0.1, 0.15) is 18.3 Å². The number of ether oxygens (including phenoxy) is 1. The zero-order valence-corrected chi connectivity index (χ0v) is 28.4. The van der Waals surface area contributed by atoms with Gasteiger partial charge in [-0.1, -0.05) is 83.9 Å². The van der Waals surface area contributed by atoms with Gasteiger partial charge in [-0.3, -0.25) is 13.9 Å². The predicted molar refractivity (Wildman–Crippen MR) is 183 cm³/mol. The van der Waals surface area contributed by atoms with Crippen molar-refractivity contribution in [3.8, 4) is 5.75 Å². The van der Waals surface area contributed by atoms with E-state index in [1.165, 1.54) is 35.2 Å². The van der Waals surface area contributed by atoms with Crippen LogP contribution in [0.2, 0.25) is 10.0 Å². The Hall–Kier alpha value is -4.05. The number of amides is 2. The molecule has 2 amide bonds. The van der Waals surface area contributed by atoms with E-state index in [9.17, 15) is 18.0 Å². The maximum Gasteiger partial charge on any atom is 0.264 e. The summed E-state index contributed by atoms with van der Waals surface area (Å²) in [6.07, 6.45) is 0.186. The van der Waals surface area contributed by atoms with Crippen molar-refractivity contribution in [3.05, 3.63) is 124 Å². The second-order valence-electron chi connectivity index (χ2n) is 11.7. The first kappa shape index (κ1) is 34.8. The summed E-state index contributed by atoms with van der Waals surface area (Å²) in [6, 6.07) is 27.7. The number of carbonyl (C=O) groups excluding carboxylic acids is 2. The zero-order chi connectivity index (χ0) is 33.5. The number of rotatable bonds is 12. The molecule has 8 nitrogen and oxygen atoms in total. The average molecular weight is 683 g/mol. The molecule has 242 valence electrons. The second kappa shape index (κ2) is 15.0. The maximum absolute atomic E-state index is 14.6. The van der Waals surface area contributed by atoms with Crippen molar-refractivity contribution in [3.63, 3.8) is 0 Å². The van der Waals surface area contributed by atoms with Crippen molar-refractivity contribution in [2.24, 2.45) is 0 Å². The van der Waals surface area contributed by atoms with Gasteiger partial charge in [0.15, 0.2) is 0 Å². The number of carbonyl (C=O) groups is 2. The molecule has 0 aliphatic rings. The summed E-state index contributed by atoms with van der Waals surface area (Å²) in [5.41, 5.74) is 0.991. The van der Waals surface area contributed by atoms with E-state index in [2.05, 4.69) is 5.32 Å². The Kier molecular flexibility index (Phi) is 11.4. The molecule has 11 heteroatoms. The van der Waals surface area contributed by atoms with Gasteiger partial charge in [-0.05, 0) is 74.4 Å². The quantitative estimate of drug-likeness (QED) is 0.178. The normalized spacial score (nSPS) is 12.2. The lowest BCUT2D eigenvalue weighted by Gasteiger charge is -2.35. The van der Waals surface area contributed by atoms with Gasteiger partial charge in [-0.15, -0.1) is 0 Å². The van der Waals surface area contributed by atoms with Crippen molar-refractivity contribution in [1.29, 1.82) is 0 Å². The lowest BCUT2D eigenvalue weighted by atomic mass is 10.0. The highest BCUT2D eigenvalue weighted by Gasteiger charge is 2.36. The van der Waals surface area contributed by atoms with Gasteiger partial charge in [0, 0.05) is 23.5 Å². The van der Waals surface area contributed by atoms with Crippen LogP contribution >= 0.6 is 23.2 Å². The van der Waals surface area contributed by atoms with Crippen LogP contribution in [0.4, 0.5) is 5.69 Å². The molecular formula is C35H37Cl2N3O5S. The summed E-state index contributed by atoms with van der Waals surface area (Å²) in [5.74, 6) is -0.419. The summed E-state index contributed by atoms with van der Waals surface area (Å²) in [6.45, 7) is 4.93. The van der Waals surface area contributed by atoms with Crippen molar-refractivity contribution in [1.82, 2.24) is 10.2 Å². The molecule has 0 saturated carbocycles. The number of hydrogen-bond donors (Lipinski definition) is 1. The third kappa shape index (κ3) is 9.02. The van der Waals surface area contributed by atoms with Crippen LogP contribution in [0.3, 0.4) is 0 Å². The van der Waals surface area contributed by atoms with E-state index in [1.54, 1.807) is 43.5 Å². The Labute approximate surface area is 280 Å². The highest BCUT2D eigenvalue weighted by Crippen LogP contribution is 2.33. The fraction of sp³-hybridized carbons (Fsp3) is 0.257. The Balaban J connectivity index is 1.85. The first-order valence-corrected chi connectivity index (χ1v) is 16.8. The number of hydrogen-bond acceptors (Lipinski definition) is 5. The molecule has 0 unspecified atom stereocenters. The summed E-state index contributed by atoms with van der Waals surface area (Å²) < 4.78 is 34.6. The summed E-state index contributed by atoms with van der Waals surface area (Å²) in [4.78, 5) is 30.0. The third-order valence-electron chi connectivity index (χ3n) is 7.04. The minimum atomic E-state index is -4.30. The minimum absolute atomic E-state index is 0.00132. The molecule has 4 aromatic rings. The second-order valence-corrected chi connectivity index (χ2v) is 14.4. The topological polar surface area (TPSA) is 96.0 Å². The highest BCUT2D eigenvalue weighted by atomic mass is 35.5. The van der Waals surface area contributed by atoms with Crippen LogP contribution in [0.5, 0.6) is 5.75 Å². The van der Waals surface area contributed by atoms with Crippen molar-refractivity contribution in [2.45, 2.75) is 50.2 Å². The van der Waals surface area contributed by atoms with Crippen LogP contribution in [0.25, 0.3) is 0 Å². The van der Waals surface area contributed by atoms with Gasteiger partial charge in [0.2, 0.25) is 11.8 Å².